The van der Waals surface area contributed by atoms with Crippen molar-refractivity contribution >= 4 is 16.9 Å². The molecule has 1 heterocycles. The predicted octanol–water partition coefficient (Wildman–Crippen LogP) is 3.81. The van der Waals surface area contributed by atoms with Crippen LogP contribution in [-0.2, 0) is 13.1 Å². The fraction of sp³-hybridized carbons (Fsp3) is 0.360. The average Bonchev–Trinajstić information content (AvgIpc) is 2.72. The molecule has 31 heavy (non-hydrogen) atoms. The van der Waals surface area contributed by atoms with Crippen molar-refractivity contribution in [3.8, 4) is 0 Å². The summed E-state index contributed by atoms with van der Waals surface area (Å²) >= 11 is 0. The summed E-state index contributed by atoms with van der Waals surface area (Å²) in [6.45, 7) is 6.22. The van der Waals surface area contributed by atoms with Gasteiger partial charge in [0, 0.05) is 29.6 Å². The van der Waals surface area contributed by atoms with Crippen LogP contribution in [0.4, 0.5) is 4.79 Å². The molecular formula is C25H32N4O2. The molecule has 1 aromatic heterocycles. The number of nitrogens with one attached hydrogen (secondary N) is 2. The van der Waals surface area contributed by atoms with Gasteiger partial charge in [0.1, 0.15) is 0 Å². The number of nitrogens with zero attached hydrogens (tertiary/aromatic N) is 2. The highest BCUT2D eigenvalue weighted by Crippen LogP contribution is 2.19. The van der Waals surface area contributed by atoms with Crippen LogP contribution in [0.2, 0.25) is 0 Å². The lowest BCUT2D eigenvalue weighted by Crippen LogP contribution is -2.41. The van der Waals surface area contributed by atoms with Crippen LogP contribution < -0.4 is 10.9 Å². The molecule has 0 saturated heterocycles. The second-order valence-electron chi connectivity index (χ2n) is 8.39. The molecule has 2 N–H and O–H groups in total. The van der Waals surface area contributed by atoms with Crippen molar-refractivity contribution in [1.82, 2.24) is 20.1 Å². The number of aromatic nitrogens is 1. The summed E-state index contributed by atoms with van der Waals surface area (Å²) < 4.78 is 0. The number of carbonyl (C=O) groups is 1. The first-order valence-corrected chi connectivity index (χ1v) is 10.7. The van der Waals surface area contributed by atoms with Gasteiger partial charge in [-0.15, -0.1) is 0 Å². The van der Waals surface area contributed by atoms with Gasteiger partial charge < -0.3 is 20.1 Å². The minimum atomic E-state index is -0.164. The molecule has 0 atom stereocenters. The standard InChI is InChI=1S/C25H32N4O2/c1-18-13-19(2)22-15-21(24(30)27-23(22)14-18)17-29(12-8-11-28(3)4)25(31)26-16-20-9-6-5-7-10-20/h5-7,9-10,13-15H,8,11-12,16-17H2,1-4H3,(H,26,31)(H,27,30). The van der Waals surface area contributed by atoms with Crippen LogP contribution in [0.1, 0.15) is 28.7 Å². The van der Waals surface area contributed by atoms with Crippen molar-refractivity contribution < 1.29 is 4.79 Å². The Morgan fingerprint density at radius 3 is 2.48 bits per heavy atom. The van der Waals surface area contributed by atoms with E-state index in [4.69, 9.17) is 0 Å². The lowest BCUT2D eigenvalue weighted by molar-refractivity contribution is 0.191. The number of rotatable bonds is 8. The molecule has 2 amide bonds. The number of amides is 2. The van der Waals surface area contributed by atoms with Gasteiger partial charge in [-0.1, -0.05) is 36.4 Å². The Bertz CT molecular complexity index is 1090. The monoisotopic (exact) mass is 420 g/mol. The number of hydrogen-bond donors (Lipinski definition) is 2. The third-order valence-electron chi connectivity index (χ3n) is 5.36. The summed E-state index contributed by atoms with van der Waals surface area (Å²) in [5.74, 6) is 0. The van der Waals surface area contributed by atoms with Crippen LogP contribution in [0, 0.1) is 13.8 Å². The summed E-state index contributed by atoms with van der Waals surface area (Å²) in [6.07, 6.45) is 0.829. The van der Waals surface area contributed by atoms with Crippen molar-refractivity contribution in [2.75, 3.05) is 27.2 Å². The van der Waals surface area contributed by atoms with Crippen LogP contribution in [0.5, 0.6) is 0 Å². The summed E-state index contributed by atoms with van der Waals surface area (Å²) in [5, 5.41) is 4.01. The van der Waals surface area contributed by atoms with Gasteiger partial charge in [0.25, 0.3) is 5.56 Å². The van der Waals surface area contributed by atoms with Crippen LogP contribution in [0.15, 0.2) is 53.3 Å². The van der Waals surface area contributed by atoms with Gasteiger partial charge in [-0.25, -0.2) is 4.79 Å². The van der Waals surface area contributed by atoms with E-state index in [2.05, 4.69) is 21.3 Å². The highest BCUT2D eigenvalue weighted by Gasteiger charge is 2.16. The number of carbonyl (C=O) groups excluding carboxylic acids is 1. The van der Waals surface area contributed by atoms with Crippen molar-refractivity contribution in [1.29, 1.82) is 0 Å². The Labute approximate surface area is 183 Å². The molecule has 0 bridgehead atoms. The molecule has 0 aliphatic carbocycles. The molecule has 0 fully saturated rings. The molecule has 3 rings (SSSR count). The fourth-order valence-electron chi connectivity index (χ4n) is 3.75. The quantitative estimate of drug-likeness (QED) is 0.582. The summed E-state index contributed by atoms with van der Waals surface area (Å²) in [7, 11) is 4.03. The van der Waals surface area contributed by atoms with E-state index in [1.54, 1.807) is 4.90 Å². The van der Waals surface area contributed by atoms with E-state index < -0.39 is 0 Å². The molecule has 3 aromatic rings. The molecule has 0 aliphatic heterocycles. The van der Waals surface area contributed by atoms with E-state index in [9.17, 15) is 9.59 Å². The van der Waals surface area contributed by atoms with Crippen LogP contribution in [0.3, 0.4) is 0 Å². The van der Waals surface area contributed by atoms with Crippen molar-refractivity contribution in [3.63, 3.8) is 0 Å². The number of hydrogen-bond acceptors (Lipinski definition) is 3. The maximum atomic E-state index is 13.0. The Hall–Kier alpha value is -3.12. The Balaban J connectivity index is 1.80. The number of pyridine rings is 1. The molecule has 0 saturated carbocycles. The maximum Gasteiger partial charge on any atom is 0.317 e. The van der Waals surface area contributed by atoms with E-state index in [0.717, 1.165) is 40.6 Å². The first kappa shape index (κ1) is 22.6. The maximum absolute atomic E-state index is 13.0. The first-order chi connectivity index (χ1) is 14.8. The first-order valence-electron chi connectivity index (χ1n) is 10.7. The normalized spacial score (nSPS) is 11.1. The molecule has 0 spiro atoms. The second kappa shape index (κ2) is 10.3. The topological polar surface area (TPSA) is 68.4 Å². The summed E-state index contributed by atoms with van der Waals surface area (Å²) in [5.41, 5.74) is 4.54. The molecule has 0 radical (unpaired) electrons. The molecule has 6 nitrogen and oxygen atoms in total. The van der Waals surface area contributed by atoms with E-state index in [0.29, 0.717) is 18.7 Å². The van der Waals surface area contributed by atoms with Crippen LogP contribution in [0.25, 0.3) is 10.9 Å². The Morgan fingerprint density at radius 2 is 1.77 bits per heavy atom. The van der Waals surface area contributed by atoms with E-state index >= 15 is 0 Å². The highest BCUT2D eigenvalue weighted by atomic mass is 16.2. The lowest BCUT2D eigenvalue weighted by Gasteiger charge is -2.24. The minimum Gasteiger partial charge on any atom is -0.334 e. The predicted molar refractivity (Wildman–Crippen MR) is 126 cm³/mol. The zero-order chi connectivity index (χ0) is 22.4. The zero-order valence-corrected chi connectivity index (χ0v) is 18.9. The lowest BCUT2D eigenvalue weighted by atomic mass is 10.0. The molecule has 0 aliphatic rings. The number of urea groups is 1. The summed E-state index contributed by atoms with van der Waals surface area (Å²) in [6, 6.07) is 15.7. The molecule has 0 unspecified atom stereocenters. The van der Waals surface area contributed by atoms with E-state index in [1.807, 2.05) is 70.4 Å². The van der Waals surface area contributed by atoms with Gasteiger partial charge >= 0.3 is 6.03 Å². The van der Waals surface area contributed by atoms with Gasteiger partial charge in [0.2, 0.25) is 0 Å². The Kier molecular flexibility index (Phi) is 7.47. The van der Waals surface area contributed by atoms with Gasteiger partial charge in [0.15, 0.2) is 0 Å². The SMILES string of the molecule is Cc1cc(C)c2cc(CN(CCCN(C)C)C(=O)NCc3ccccc3)c(=O)[nH]c2c1. The second-order valence-corrected chi connectivity index (χ2v) is 8.39. The van der Waals surface area contributed by atoms with Crippen LogP contribution in [-0.4, -0.2) is 48.0 Å². The van der Waals surface area contributed by atoms with E-state index in [1.165, 1.54) is 0 Å². The van der Waals surface area contributed by atoms with Crippen molar-refractivity contribution in [2.24, 2.45) is 0 Å². The molecule has 6 heteroatoms. The van der Waals surface area contributed by atoms with Gasteiger partial charge in [-0.3, -0.25) is 4.79 Å². The number of aromatic amines is 1. The highest BCUT2D eigenvalue weighted by molar-refractivity contribution is 5.83. The Morgan fingerprint density at radius 1 is 1.03 bits per heavy atom. The van der Waals surface area contributed by atoms with Gasteiger partial charge in [-0.2, -0.15) is 0 Å². The smallest absolute Gasteiger partial charge is 0.317 e. The molecule has 2 aromatic carbocycles. The number of H-pyrrole nitrogens is 1. The number of benzene rings is 2. The van der Waals surface area contributed by atoms with E-state index in [-0.39, 0.29) is 18.1 Å². The average molecular weight is 421 g/mol. The third-order valence-corrected chi connectivity index (χ3v) is 5.36. The van der Waals surface area contributed by atoms with Crippen LogP contribution >= 0.6 is 0 Å². The largest absolute Gasteiger partial charge is 0.334 e. The third kappa shape index (κ3) is 6.18. The number of aryl methyl sites for hydroxylation is 2. The fourth-order valence-corrected chi connectivity index (χ4v) is 3.75. The van der Waals surface area contributed by atoms with Gasteiger partial charge in [0.05, 0.1) is 6.54 Å². The van der Waals surface area contributed by atoms with Gasteiger partial charge in [-0.05, 0) is 69.7 Å². The van der Waals surface area contributed by atoms with Crippen molar-refractivity contribution in [3.05, 3.63) is 81.1 Å². The summed E-state index contributed by atoms with van der Waals surface area (Å²) in [4.78, 5) is 32.5. The zero-order valence-electron chi connectivity index (χ0n) is 18.9. The molecular weight excluding hydrogens is 388 g/mol. The van der Waals surface area contributed by atoms with Crippen molar-refractivity contribution in [2.45, 2.75) is 33.4 Å². The minimum absolute atomic E-state index is 0.147. The molecule has 164 valence electrons. The number of fused-ring (bicyclic) bond motifs is 1.